The van der Waals surface area contributed by atoms with Crippen LogP contribution in [0.5, 0.6) is 5.75 Å². The van der Waals surface area contributed by atoms with Crippen LogP contribution in [0.15, 0.2) is 65.6 Å². The van der Waals surface area contributed by atoms with E-state index in [4.69, 9.17) is 9.57 Å². The first-order chi connectivity index (χ1) is 13.5. The van der Waals surface area contributed by atoms with Gasteiger partial charge in [-0.05, 0) is 54.8 Å². The number of hydrogen-bond donors (Lipinski definition) is 1. The van der Waals surface area contributed by atoms with Gasteiger partial charge in [-0.25, -0.2) is 0 Å². The van der Waals surface area contributed by atoms with Gasteiger partial charge in [0.05, 0.1) is 12.8 Å². The number of carbonyl (C=O) groups is 1. The van der Waals surface area contributed by atoms with Gasteiger partial charge in [-0.3, -0.25) is 9.59 Å². The number of aryl methyl sites for hydroxylation is 2. The monoisotopic (exact) mass is 378 g/mol. The molecule has 0 saturated carbocycles. The molecule has 2 aromatic carbocycles. The average Bonchev–Trinajstić information content (AvgIpc) is 2.68. The van der Waals surface area contributed by atoms with Crippen molar-refractivity contribution in [2.45, 2.75) is 20.5 Å². The number of aromatic nitrogens is 1. The number of benzene rings is 2. The lowest BCUT2D eigenvalue weighted by molar-refractivity contribution is 0.0861. The predicted molar refractivity (Wildman–Crippen MR) is 108 cm³/mol. The van der Waals surface area contributed by atoms with Crippen LogP contribution in [0.25, 0.3) is 0 Å². The Morgan fingerprint density at radius 2 is 1.86 bits per heavy atom. The summed E-state index contributed by atoms with van der Waals surface area (Å²) in [6.07, 6.45) is 1.49. The first-order valence-corrected chi connectivity index (χ1v) is 8.85. The Hall–Kier alpha value is -3.54. The van der Waals surface area contributed by atoms with Crippen LogP contribution in [0.4, 0.5) is 5.69 Å². The summed E-state index contributed by atoms with van der Waals surface area (Å²) >= 11 is 0. The van der Waals surface area contributed by atoms with Crippen LogP contribution in [0, 0.1) is 13.8 Å². The number of carbonyl (C=O) groups excluding carboxylic acids is 1. The van der Waals surface area contributed by atoms with Gasteiger partial charge >= 0.3 is 0 Å². The summed E-state index contributed by atoms with van der Waals surface area (Å²) in [5.74, 6) is -0.00579. The van der Waals surface area contributed by atoms with Crippen LogP contribution >= 0.6 is 0 Å². The van der Waals surface area contributed by atoms with Gasteiger partial charge in [0.1, 0.15) is 17.9 Å². The molecule has 6 nitrogen and oxygen atoms in total. The SMILES string of the molecule is COc1ccc(C)cc1NC(=O)c1cccn(OCc2ccccc2C)c1=O. The fourth-order valence-corrected chi connectivity index (χ4v) is 2.77. The third-order valence-electron chi connectivity index (χ3n) is 4.38. The van der Waals surface area contributed by atoms with Crippen molar-refractivity contribution in [3.63, 3.8) is 0 Å². The van der Waals surface area contributed by atoms with Crippen molar-refractivity contribution >= 4 is 11.6 Å². The summed E-state index contributed by atoms with van der Waals surface area (Å²) < 4.78 is 6.35. The van der Waals surface area contributed by atoms with E-state index in [-0.39, 0.29) is 12.2 Å². The maximum atomic E-state index is 12.7. The third kappa shape index (κ3) is 4.23. The second-order valence-corrected chi connectivity index (χ2v) is 6.41. The summed E-state index contributed by atoms with van der Waals surface area (Å²) in [6.45, 7) is 4.11. The first-order valence-electron chi connectivity index (χ1n) is 8.85. The number of ether oxygens (including phenoxy) is 1. The zero-order chi connectivity index (χ0) is 20.1. The number of pyridine rings is 1. The van der Waals surface area contributed by atoms with Crippen LogP contribution in [0.2, 0.25) is 0 Å². The van der Waals surface area contributed by atoms with Gasteiger partial charge in [-0.1, -0.05) is 30.3 Å². The van der Waals surface area contributed by atoms with Crippen LogP contribution in [-0.4, -0.2) is 17.7 Å². The fourth-order valence-electron chi connectivity index (χ4n) is 2.77. The van der Waals surface area contributed by atoms with Crippen LogP contribution < -0.4 is 20.5 Å². The smallest absolute Gasteiger partial charge is 0.295 e. The molecule has 0 aliphatic heterocycles. The van der Waals surface area contributed by atoms with E-state index in [9.17, 15) is 9.59 Å². The second kappa shape index (κ2) is 8.43. The molecule has 0 spiro atoms. The number of nitrogens with one attached hydrogen (secondary N) is 1. The number of methoxy groups -OCH3 is 1. The highest BCUT2D eigenvalue weighted by Crippen LogP contribution is 2.25. The standard InChI is InChI=1S/C22H22N2O4/c1-15-10-11-20(27-3)19(13-15)23-21(25)18-9-6-12-24(22(18)26)28-14-17-8-5-4-7-16(17)2/h4-13H,14H2,1-3H3,(H,23,25). The molecule has 3 aromatic rings. The van der Waals surface area contributed by atoms with Crippen molar-refractivity contribution in [3.05, 3.63) is 93.4 Å². The Balaban J connectivity index is 1.81. The lowest BCUT2D eigenvalue weighted by Crippen LogP contribution is -2.32. The highest BCUT2D eigenvalue weighted by atomic mass is 16.7. The number of anilines is 1. The van der Waals surface area contributed by atoms with Crippen molar-refractivity contribution in [2.24, 2.45) is 0 Å². The minimum Gasteiger partial charge on any atom is -0.495 e. The summed E-state index contributed by atoms with van der Waals surface area (Å²) in [7, 11) is 1.52. The average molecular weight is 378 g/mol. The van der Waals surface area contributed by atoms with Crippen LogP contribution in [0.3, 0.4) is 0 Å². The lowest BCUT2D eigenvalue weighted by Gasteiger charge is -2.13. The predicted octanol–water partition coefficient (Wildman–Crippen LogP) is 3.35. The van der Waals surface area contributed by atoms with E-state index < -0.39 is 11.5 Å². The van der Waals surface area contributed by atoms with Gasteiger partial charge < -0.3 is 14.9 Å². The van der Waals surface area contributed by atoms with Crippen LogP contribution in [-0.2, 0) is 6.61 Å². The molecular formula is C22H22N2O4. The maximum absolute atomic E-state index is 12.7. The molecular weight excluding hydrogens is 356 g/mol. The molecule has 1 aromatic heterocycles. The second-order valence-electron chi connectivity index (χ2n) is 6.41. The van der Waals surface area contributed by atoms with Gasteiger partial charge in [0.15, 0.2) is 0 Å². The number of nitrogens with zero attached hydrogens (tertiary/aromatic N) is 1. The molecule has 144 valence electrons. The van der Waals surface area contributed by atoms with Crippen LogP contribution in [0.1, 0.15) is 27.0 Å². The Bertz CT molecular complexity index is 1060. The third-order valence-corrected chi connectivity index (χ3v) is 4.38. The van der Waals surface area contributed by atoms with Gasteiger partial charge in [-0.2, -0.15) is 4.73 Å². The normalized spacial score (nSPS) is 10.4. The molecule has 1 amide bonds. The Kier molecular flexibility index (Phi) is 5.79. The minimum atomic E-state index is -0.528. The minimum absolute atomic E-state index is 0.0177. The molecule has 0 unspecified atom stereocenters. The number of rotatable bonds is 6. The largest absolute Gasteiger partial charge is 0.495 e. The van der Waals surface area contributed by atoms with Gasteiger partial charge in [0, 0.05) is 6.20 Å². The summed E-state index contributed by atoms with van der Waals surface area (Å²) in [4.78, 5) is 30.9. The van der Waals surface area contributed by atoms with E-state index in [1.807, 2.05) is 44.2 Å². The topological polar surface area (TPSA) is 69.6 Å². The van der Waals surface area contributed by atoms with Crippen molar-refractivity contribution in [1.29, 1.82) is 0 Å². The molecule has 1 heterocycles. The van der Waals surface area contributed by atoms with E-state index in [2.05, 4.69) is 5.32 Å². The molecule has 1 N–H and O–H groups in total. The Morgan fingerprint density at radius 1 is 1.07 bits per heavy atom. The molecule has 0 aliphatic rings. The lowest BCUT2D eigenvalue weighted by atomic mass is 10.1. The molecule has 6 heteroatoms. The number of hydrogen-bond acceptors (Lipinski definition) is 4. The molecule has 3 rings (SSSR count). The first kappa shape index (κ1) is 19.2. The zero-order valence-electron chi connectivity index (χ0n) is 16.1. The Labute approximate surface area is 163 Å². The molecule has 0 saturated heterocycles. The van der Waals surface area contributed by atoms with Gasteiger partial charge in [-0.15, -0.1) is 0 Å². The van der Waals surface area contributed by atoms with Crippen molar-refractivity contribution in [1.82, 2.24) is 4.73 Å². The highest BCUT2D eigenvalue weighted by Gasteiger charge is 2.15. The van der Waals surface area contributed by atoms with E-state index in [1.165, 1.54) is 19.4 Å². The fraction of sp³-hybridized carbons (Fsp3) is 0.182. The quantitative estimate of drug-likeness (QED) is 0.714. The molecule has 0 aliphatic carbocycles. The molecule has 0 bridgehead atoms. The zero-order valence-corrected chi connectivity index (χ0v) is 16.1. The van der Waals surface area contributed by atoms with Crippen molar-refractivity contribution in [2.75, 3.05) is 12.4 Å². The van der Waals surface area contributed by atoms with Crippen molar-refractivity contribution in [3.8, 4) is 5.75 Å². The van der Waals surface area contributed by atoms with Gasteiger partial charge in [0.2, 0.25) is 0 Å². The molecule has 0 fully saturated rings. The van der Waals surface area contributed by atoms with E-state index in [0.717, 1.165) is 21.4 Å². The van der Waals surface area contributed by atoms with Crippen molar-refractivity contribution < 1.29 is 14.4 Å². The highest BCUT2D eigenvalue weighted by molar-refractivity contribution is 6.04. The molecule has 0 radical (unpaired) electrons. The number of amides is 1. The van der Waals surface area contributed by atoms with Gasteiger partial charge in [0.25, 0.3) is 11.5 Å². The molecule has 0 atom stereocenters. The van der Waals surface area contributed by atoms with E-state index >= 15 is 0 Å². The molecule has 28 heavy (non-hydrogen) atoms. The summed E-state index contributed by atoms with van der Waals surface area (Å²) in [5, 5.41) is 2.74. The Morgan fingerprint density at radius 3 is 2.61 bits per heavy atom. The summed E-state index contributed by atoms with van der Waals surface area (Å²) in [5.41, 5.74) is 2.95. The summed E-state index contributed by atoms with van der Waals surface area (Å²) in [6, 6.07) is 16.2. The maximum Gasteiger partial charge on any atom is 0.295 e. The van der Waals surface area contributed by atoms with E-state index in [1.54, 1.807) is 18.2 Å². The van der Waals surface area contributed by atoms with E-state index in [0.29, 0.717) is 11.4 Å².